The smallest absolute Gasteiger partial charge is 0.341 e. The quantitative estimate of drug-likeness (QED) is 0.285. The van der Waals surface area contributed by atoms with E-state index in [1.807, 2.05) is 27.7 Å². The summed E-state index contributed by atoms with van der Waals surface area (Å²) in [7, 11) is -3.40. The molecule has 1 fully saturated rings. The lowest BCUT2D eigenvalue weighted by atomic mass is 10.1. The second-order valence-corrected chi connectivity index (χ2v) is 9.18. The number of nitrogens with one attached hydrogen (secondary N) is 2. The summed E-state index contributed by atoms with van der Waals surface area (Å²) in [5.74, 6) is -1.12. The number of carboxylic acid groups (broad SMARTS) is 1. The van der Waals surface area contributed by atoms with Crippen molar-refractivity contribution in [2.75, 3.05) is 6.61 Å². The van der Waals surface area contributed by atoms with E-state index in [1.54, 1.807) is 0 Å². The molecule has 1 aromatic rings. The van der Waals surface area contributed by atoms with Crippen molar-refractivity contribution < 1.29 is 38.5 Å². The molecule has 1 aliphatic heterocycles. The van der Waals surface area contributed by atoms with Crippen molar-refractivity contribution in [1.82, 2.24) is 10.2 Å². The first kappa shape index (κ1) is 22.9. The lowest BCUT2D eigenvalue weighted by Crippen LogP contribution is -2.46. The van der Waals surface area contributed by atoms with Crippen molar-refractivity contribution >= 4 is 13.6 Å². The van der Waals surface area contributed by atoms with Crippen LogP contribution in [0.1, 0.15) is 44.3 Å². The van der Waals surface area contributed by atoms with Gasteiger partial charge in [-0.1, -0.05) is 0 Å². The summed E-state index contributed by atoms with van der Waals surface area (Å²) in [6, 6.07) is 2.68. The molecule has 2 heterocycles. The predicted molar refractivity (Wildman–Crippen MR) is 99.6 cm³/mol. The molecule has 0 saturated carbocycles. The summed E-state index contributed by atoms with van der Waals surface area (Å²) in [4.78, 5) is 11.1. The van der Waals surface area contributed by atoms with Gasteiger partial charge in [0.05, 0.1) is 6.61 Å². The van der Waals surface area contributed by atoms with Gasteiger partial charge in [-0.2, -0.15) is 4.57 Å². The van der Waals surface area contributed by atoms with Gasteiger partial charge >= 0.3 is 13.6 Å². The third-order valence-corrected chi connectivity index (χ3v) is 6.20. The third-order valence-electron chi connectivity index (χ3n) is 3.98. The molecule has 0 amide bonds. The summed E-state index contributed by atoms with van der Waals surface area (Å²) in [5.41, 5.74) is 0.0132. The van der Waals surface area contributed by atoms with Crippen LogP contribution >= 0.6 is 7.67 Å². The Morgan fingerprint density at radius 2 is 1.86 bits per heavy atom. The highest BCUT2D eigenvalue weighted by molar-refractivity contribution is 7.54. The van der Waals surface area contributed by atoms with Crippen molar-refractivity contribution in [2.24, 2.45) is 0 Å². The Morgan fingerprint density at radius 3 is 2.39 bits per heavy atom. The van der Waals surface area contributed by atoms with Crippen LogP contribution in [0.15, 0.2) is 24.5 Å². The maximum atomic E-state index is 12.9. The third kappa shape index (κ3) is 5.81. The molecule has 2 rings (SSSR count). The molecule has 28 heavy (non-hydrogen) atoms. The fourth-order valence-electron chi connectivity index (χ4n) is 2.86. The number of aliphatic hydroxyl groups excluding tert-OH is 2. The number of aromatic carboxylic acids is 1. The Bertz CT molecular complexity index is 716. The lowest BCUT2D eigenvalue weighted by Gasteiger charge is -2.26. The molecule has 1 aromatic heterocycles. The van der Waals surface area contributed by atoms with Crippen LogP contribution in [-0.2, 0) is 13.8 Å². The molecule has 158 valence electrons. The molecule has 0 bridgehead atoms. The summed E-state index contributed by atoms with van der Waals surface area (Å²) in [6.07, 6.45) is -1.72. The minimum atomic E-state index is -3.40. The summed E-state index contributed by atoms with van der Waals surface area (Å²) < 4.78 is 25.5. The first-order valence-electron chi connectivity index (χ1n) is 9.08. The van der Waals surface area contributed by atoms with E-state index in [0.717, 1.165) is 0 Å². The van der Waals surface area contributed by atoms with Crippen molar-refractivity contribution in [3.8, 4) is 0 Å². The van der Waals surface area contributed by atoms with E-state index in [9.17, 15) is 19.6 Å². The highest BCUT2D eigenvalue weighted by Crippen LogP contribution is 2.40. The van der Waals surface area contributed by atoms with Gasteiger partial charge < -0.3 is 24.6 Å². The molecule has 0 aliphatic carbocycles. The fraction of sp³-hybridized carbons (Fsp3) is 0.647. The van der Waals surface area contributed by atoms with Crippen LogP contribution in [0.5, 0.6) is 0 Å². The number of hydrogen-bond acceptors (Lipinski definition) is 6. The van der Waals surface area contributed by atoms with E-state index in [0.29, 0.717) is 0 Å². The standard InChI is InChI=1S/C17H28N3O7P/c1-10(2)18-28(25,19-11(3)4)26-9-13-14(21)15(22)16(27-13)20-7-5-6-12(8-20)17(23)24/h5-8,10-11,13-16,21-22H,9H2,1-4H3,(H2-,18,19,23,24,25)/p+1/t13-,14-,15-,16-/m1/s1. The SMILES string of the molecule is CC(C)NP(=O)(NC(C)C)OC[C@H]1O[C@@H]([n+]2cccc(C(=O)O)c2)[C@H](O)[C@@H]1O. The molecule has 0 radical (unpaired) electrons. The monoisotopic (exact) mass is 418 g/mol. The maximum absolute atomic E-state index is 12.9. The Morgan fingerprint density at radius 1 is 1.25 bits per heavy atom. The number of rotatable bonds is 9. The van der Waals surface area contributed by atoms with Crippen LogP contribution < -0.4 is 14.7 Å². The molecule has 10 nitrogen and oxygen atoms in total. The van der Waals surface area contributed by atoms with Crippen LogP contribution in [-0.4, -0.2) is 58.3 Å². The Kier molecular flexibility index (Phi) is 7.69. The number of hydrogen-bond donors (Lipinski definition) is 5. The normalized spacial score (nSPS) is 25.6. The van der Waals surface area contributed by atoms with Gasteiger partial charge in [-0.3, -0.25) is 4.57 Å². The number of ether oxygens (including phenoxy) is 1. The van der Waals surface area contributed by atoms with Crippen molar-refractivity contribution in [3.05, 3.63) is 30.1 Å². The molecule has 1 aliphatic rings. The molecule has 1 saturated heterocycles. The zero-order valence-corrected chi connectivity index (χ0v) is 17.2. The van der Waals surface area contributed by atoms with E-state index in [-0.39, 0.29) is 24.3 Å². The molecule has 0 aromatic carbocycles. The van der Waals surface area contributed by atoms with Crippen LogP contribution in [0, 0.1) is 0 Å². The zero-order chi connectivity index (χ0) is 21.1. The van der Waals surface area contributed by atoms with Crippen LogP contribution in [0.3, 0.4) is 0 Å². The van der Waals surface area contributed by atoms with Crippen molar-refractivity contribution in [1.29, 1.82) is 0 Å². The largest absolute Gasteiger partial charge is 0.477 e. The minimum Gasteiger partial charge on any atom is -0.477 e. The lowest BCUT2D eigenvalue weighted by molar-refractivity contribution is -0.765. The van der Waals surface area contributed by atoms with Crippen molar-refractivity contribution in [3.63, 3.8) is 0 Å². The van der Waals surface area contributed by atoms with Gasteiger partial charge in [-0.15, -0.1) is 0 Å². The first-order chi connectivity index (χ1) is 13.0. The molecular formula is C17H29N3O7P+. The van der Waals surface area contributed by atoms with Gasteiger partial charge in [0.25, 0.3) is 6.23 Å². The number of aliphatic hydroxyl groups is 2. The topological polar surface area (TPSA) is 141 Å². The molecule has 0 spiro atoms. The summed E-state index contributed by atoms with van der Waals surface area (Å²) in [6.45, 7) is 7.07. The molecular weight excluding hydrogens is 389 g/mol. The van der Waals surface area contributed by atoms with Gasteiger partial charge in [0.15, 0.2) is 18.5 Å². The van der Waals surface area contributed by atoms with Gasteiger partial charge in [-0.25, -0.2) is 15.0 Å². The van der Waals surface area contributed by atoms with Gasteiger partial charge in [0, 0.05) is 18.2 Å². The molecule has 0 unspecified atom stereocenters. The van der Waals surface area contributed by atoms with Gasteiger partial charge in [-0.05, 0) is 33.8 Å². The Hall–Kier alpha value is -1.39. The van der Waals surface area contributed by atoms with E-state index in [2.05, 4.69) is 10.2 Å². The highest BCUT2D eigenvalue weighted by Gasteiger charge is 2.49. The number of aromatic nitrogens is 1. The average molecular weight is 418 g/mol. The second kappa shape index (κ2) is 9.41. The van der Waals surface area contributed by atoms with E-state index < -0.39 is 38.2 Å². The Balaban J connectivity index is 2.10. The minimum absolute atomic E-state index is 0.0132. The van der Waals surface area contributed by atoms with Crippen LogP contribution in [0.25, 0.3) is 0 Å². The number of carboxylic acids is 1. The first-order valence-corrected chi connectivity index (χ1v) is 10.7. The van der Waals surface area contributed by atoms with E-state index in [1.165, 1.54) is 29.1 Å². The van der Waals surface area contributed by atoms with E-state index in [4.69, 9.17) is 14.4 Å². The molecule has 5 N–H and O–H groups in total. The Labute approximate surface area is 164 Å². The zero-order valence-electron chi connectivity index (χ0n) is 16.3. The van der Waals surface area contributed by atoms with Gasteiger partial charge in [0.2, 0.25) is 0 Å². The van der Waals surface area contributed by atoms with Crippen LogP contribution in [0.2, 0.25) is 0 Å². The van der Waals surface area contributed by atoms with Gasteiger partial charge in [0.1, 0.15) is 17.8 Å². The molecule has 11 heteroatoms. The summed E-state index contributed by atoms with van der Waals surface area (Å²) >= 11 is 0. The predicted octanol–water partition coefficient (Wildman–Crippen LogP) is 0.412. The second-order valence-electron chi connectivity index (χ2n) is 7.31. The number of nitrogens with zero attached hydrogens (tertiary/aromatic N) is 1. The number of carbonyl (C=O) groups is 1. The maximum Gasteiger partial charge on any atom is 0.341 e. The molecule has 4 atom stereocenters. The summed E-state index contributed by atoms with van der Waals surface area (Å²) in [5, 5.41) is 35.5. The average Bonchev–Trinajstić information content (AvgIpc) is 2.87. The van der Waals surface area contributed by atoms with E-state index >= 15 is 0 Å². The number of pyridine rings is 1. The fourth-order valence-corrected chi connectivity index (χ4v) is 4.80. The van der Waals surface area contributed by atoms with Crippen LogP contribution in [0.4, 0.5) is 0 Å². The highest BCUT2D eigenvalue weighted by atomic mass is 31.2. The van der Waals surface area contributed by atoms with Crippen molar-refractivity contribution in [2.45, 2.75) is 64.3 Å².